The lowest BCUT2D eigenvalue weighted by Gasteiger charge is -2.24. The normalized spacial score (nSPS) is 10.9. The second-order valence-electron chi connectivity index (χ2n) is 7.34. The van der Waals surface area contributed by atoms with Gasteiger partial charge in [-0.1, -0.05) is 29.8 Å². The van der Waals surface area contributed by atoms with Crippen molar-refractivity contribution in [3.8, 4) is 5.75 Å². The summed E-state index contributed by atoms with van der Waals surface area (Å²) in [7, 11) is 0. The minimum absolute atomic E-state index is 0.139. The topological polar surface area (TPSA) is 64.6 Å². The number of ether oxygens (including phenoxy) is 2. The van der Waals surface area contributed by atoms with Gasteiger partial charge < -0.3 is 14.8 Å². The van der Waals surface area contributed by atoms with Crippen LogP contribution in [-0.4, -0.2) is 30.6 Å². The summed E-state index contributed by atoms with van der Waals surface area (Å²) in [5, 5.41) is 3.48. The maximum Gasteiger partial charge on any atom is 0.349 e. The van der Waals surface area contributed by atoms with E-state index in [0.717, 1.165) is 18.4 Å². The average molecular weight is 430 g/mol. The molecule has 2 rings (SSSR count). The van der Waals surface area contributed by atoms with E-state index in [9.17, 15) is 9.59 Å². The molecule has 0 spiro atoms. The standard InChI is InChI=1S/C24H28ClNO4/c1-4-5-6-17-29-23(28)24(2,3)30-21-13-7-18(8-14-21)15-16-26-22(27)19-9-11-20(25)12-10-19/h4,7-14H,1,5-6,15-17H2,2-3H3,(H,26,27). The Hall–Kier alpha value is -2.79. The molecular weight excluding hydrogens is 402 g/mol. The number of amides is 1. The van der Waals surface area contributed by atoms with E-state index in [0.29, 0.717) is 35.9 Å². The molecule has 0 unspecified atom stereocenters. The van der Waals surface area contributed by atoms with Gasteiger partial charge in [-0.3, -0.25) is 4.79 Å². The van der Waals surface area contributed by atoms with Gasteiger partial charge in [0.25, 0.3) is 5.91 Å². The monoisotopic (exact) mass is 429 g/mol. The van der Waals surface area contributed by atoms with Crippen molar-refractivity contribution in [1.82, 2.24) is 5.32 Å². The number of benzene rings is 2. The van der Waals surface area contributed by atoms with E-state index in [2.05, 4.69) is 11.9 Å². The summed E-state index contributed by atoms with van der Waals surface area (Å²) >= 11 is 5.83. The lowest BCUT2D eigenvalue weighted by Crippen LogP contribution is -2.39. The van der Waals surface area contributed by atoms with Gasteiger partial charge in [-0.15, -0.1) is 6.58 Å². The highest BCUT2D eigenvalue weighted by Gasteiger charge is 2.31. The Morgan fingerprint density at radius 1 is 1.10 bits per heavy atom. The Labute approximate surface area is 183 Å². The number of nitrogens with one attached hydrogen (secondary N) is 1. The van der Waals surface area contributed by atoms with Crippen LogP contribution in [0, 0.1) is 0 Å². The number of hydrogen-bond donors (Lipinski definition) is 1. The number of rotatable bonds is 11. The number of allylic oxidation sites excluding steroid dienone is 1. The average Bonchev–Trinajstić information content (AvgIpc) is 2.72. The molecule has 6 heteroatoms. The van der Waals surface area contributed by atoms with E-state index in [-0.39, 0.29) is 5.91 Å². The fourth-order valence-corrected chi connectivity index (χ4v) is 2.78. The van der Waals surface area contributed by atoms with Crippen molar-refractivity contribution in [2.45, 2.75) is 38.7 Å². The molecule has 160 valence electrons. The summed E-state index contributed by atoms with van der Waals surface area (Å²) in [4.78, 5) is 24.3. The van der Waals surface area contributed by atoms with E-state index in [1.165, 1.54) is 0 Å². The van der Waals surface area contributed by atoms with E-state index in [1.54, 1.807) is 44.2 Å². The number of carbonyl (C=O) groups is 2. The molecule has 0 radical (unpaired) electrons. The van der Waals surface area contributed by atoms with Crippen LogP contribution in [-0.2, 0) is 16.0 Å². The molecule has 2 aromatic carbocycles. The molecule has 0 atom stereocenters. The van der Waals surface area contributed by atoms with Crippen molar-refractivity contribution in [3.05, 3.63) is 77.3 Å². The summed E-state index contributed by atoms with van der Waals surface area (Å²) in [6.45, 7) is 7.86. The summed E-state index contributed by atoms with van der Waals surface area (Å²) in [5.74, 6) is 0.0394. The largest absolute Gasteiger partial charge is 0.476 e. The first kappa shape index (κ1) is 23.5. The van der Waals surface area contributed by atoms with Crippen LogP contribution in [0.1, 0.15) is 42.6 Å². The van der Waals surface area contributed by atoms with Gasteiger partial charge in [-0.05, 0) is 75.1 Å². The van der Waals surface area contributed by atoms with Gasteiger partial charge in [-0.2, -0.15) is 0 Å². The number of halogens is 1. The molecule has 5 nitrogen and oxygen atoms in total. The fraction of sp³-hybridized carbons (Fsp3) is 0.333. The van der Waals surface area contributed by atoms with E-state index < -0.39 is 11.6 Å². The van der Waals surface area contributed by atoms with Crippen LogP contribution < -0.4 is 10.1 Å². The van der Waals surface area contributed by atoms with Crippen molar-refractivity contribution >= 4 is 23.5 Å². The van der Waals surface area contributed by atoms with Crippen molar-refractivity contribution in [3.63, 3.8) is 0 Å². The quantitative estimate of drug-likeness (QED) is 0.311. The van der Waals surface area contributed by atoms with Crippen LogP contribution in [0.5, 0.6) is 5.75 Å². The van der Waals surface area contributed by atoms with Gasteiger partial charge in [0.2, 0.25) is 0 Å². The van der Waals surface area contributed by atoms with Gasteiger partial charge >= 0.3 is 5.97 Å². The molecule has 0 bridgehead atoms. The molecule has 0 aliphatic heterocycles. The third-order valence-corrected chi connectivity index (χ3v) is 4.63. The van der Waals surface area contributed by atoms with Crippen molar-refractivity contribution in [2.24, 2.45) is 0 Å². The lowest BCUT2D eigenvalue weighted by atomic mass is 10.1. The molecule has 0 aliphatic rings. The van der Waals surface area contributed by atoms with Crippen molar-refractivity contribution in [2.75, 3.05) is 13.2 Å². The third-order valence-electron chi connectivity index (χ3n) is 4.38. The van der Waals surface area contributed by atoms with Crippen molar-refractivity contribution in [1.29, 1.82) is 0 Å². The zero-order valence-corrected chi connectivity index (χ0v) is 18.2. The predicted molar refractivity (Wildman–Crippen MR) is 119 cm³/mol. The highest BCUT2D eigenvalue weighted by Crippen LogP contribution is 2.20. The maximum atomic E-state index is 12.2. The Kier molecular flexibility index (Phi) is 8.93. The first-order valence-electron chi connectivity index (χ1n) is 9.91. The van der Waals surface area contributed by atoms with Crippen LogP contribution in [0.25, 0.3) is 0 Å². The van der Waals surface area contributed by atoms with Crippen LogP contribution in [0.4, 0.5) is 0 Å². The Bertz CT molecular complexity index is 845. The highest BCUT2D eigenvalue weighted by molar-refractivity contribution is 6.30. The van der Waals surface area contributed by atoms with Crippen LogP contribution >= 0.6 is 11.6 Å². The van der Waals surface area contributed by atoms with E-state index in [1.807, 2.05) is 24.3 Å². The summed E-state index contributed by atoms with van der Waals surface area (Å²) < 4.78 is 11.1. The zero-order chi connectivity index (χ0) is 22.0. The minimum atomic E-state index is -1.08. The SMILES string of the molecule is C=CCCCOC(=O)C(C)(C)Oc1ccc(CCNC(=O)c2ccc(Cl)cc2)cc1. The second-order valence-corrected chi connectivity index (χ2v) is 7.77. The number of unbranched alkanes of at least 4 members (excludes halogenated alkanes) is 1. The Morgan fingerprint density at radius 2 is 1.77 bits per heavy atom. The Morgan fingerprint density at radius 3 is 2.40 bits per heavy atom. The maximum absolute atomic E-state index is 12.2. The molecule has 0 saturated heterocycles. The summed E-state index contributed by atoms with van der Waals surface area (Å²) in [6, 6.07) is 14.2. The molecule has 0 saturated carbocycles. The van der Waals surface area contributed by atoms with Gasteiger partial charge in [0.1, 0.15) is 5.75 Å². The number of hydrogen-bond acceptors (Lipinski definition) is 4. The van der Waals surface area contributed by atoms with Gasteiger partial charge in [0.15, 0.2) is 5.60 Å². The molecule has 0 aliphatic carbocycles. The molecule has 0 fully saturated rings. The van der Waals surface area contributed by atoms with E-state index in [4.69, 9.17) is 21.1 Å². The van der Waals surface area contributed by atoms with Gasteiger partial charge in [-0.25, -0.2) is 4.79 Å². The summed E-state index contributed by atoms with van der Waals surface area (Å²) in [6.07, 6.45) is 4.01. The molecule has 0 heterocycles. The third kappa shape index (κ3) is 7.56. The Balaban J connectivity index is 1.79. The second kappa shape index (κ2) is 11.4. The molecule has 1 amide bonds. The lowest BCUT2D eigenvalue weighted by molar-refractivity contribution is -0.159. The minimum Gasteiger partial charge on any atom is -0.476 e. The van der Waals surface area contributed by atoms with Gasteiger partial charge in [0, 0.05) is 17.1 Å². The van der Waals surface area contributed by atoms with Crippen LogP contribution in [0.15, 0.2) is 61.2 Å². The van der Waals surface area contributed by atoms with Gasteiger partial charge in [0.05, 0.1) is 6.61 Å². The molecular formula is C24H28ClNO4. The zero-order valence-electron chi connectivity index (χ0n) is 17.4. The molecule has 1 N–H and O–H groups in total. The van der Waals surface area contributed by atoms with Crippen LogP contribution in [0.2, 0.25) is 5.02 Å². The molecule has 2 aromatic rings. The predicted octanol–water partition coefficient (Wildman–Crippen LogP) is 4.98. The first-order valence-corrected chi connectivity index (χ1v) is 10.3. The first-order chi connectivity index (χ1) is 14.3. The van der Waals surface area contributed by atoms with E-state index >= 15 is 0 Å². The number of carbonyl (C=O) groups excluding carboxylic acids is 2. The molecule has 0 aromatic heterocycles. The van der Waals surface area contributed by atoms with Crippen molar-refractivity contribution < 1.29 is 19.1 Å². The summed E-state index contributed by atoms with van der Waals surface area (Å²) in [5.41, 5.74) is 0.535. The fourth-order valence-electron chi connectivity index (χ4n) is 2.65. The molecule has 30 heavy (non-hydrogen) atoms. The highest BCUT2D eigenvalue weighted by atomic mass is 35.5. The number of esters is 1. The smallest absolute Gasteiger partial charge is 0.349 e. The van der Waals surface area contributed by atoms with Crippen LogP contribution in [0.3, 0.4) is 0 Å².